The Morgan fingerprint density at radius 1 is 1.21 bits per heavy atom. The minimum absolute atomic E-state index is 0.0252. The van der Waals surface area contributed by atoms with E-state index in [9.17, 15) is 9.59 Å². The zero-order valence-corrected chi connectivity index (χ0v) is 17.8. The lowest BCUT2D eigenvalue weighted by atomic mass is 10.2. The zero-order chi connectivity index (χ0) is 20.8. The van der Waals surface area contributed by atoms with Gasteiger partial charge in [0.25, 0.3) is 5.91 Å². The number of carbonyl (C=O) groups excluding carboxylic acids is 2. The SMILES string of the molecule is CCCCNC(=O)CN1CCN(C(=O)c2cnn(-c3cccc(Cl)c3)c2C)CC1. The highest BCUT2D eigenvalue weighted by atomic mass is 35.5. The van der Waals surface area contributed by atoms with Crippen molar-refractivity contribution in [1.82, 2.24) is 24.9 Å². The molecule has 1 aliphatic rings. The Balaban J connectivity index is 1.57. The minimum atomic E-state index is -0.0252. The average molecular weight is 418 g/mol. The van der Waals surface area contributed by atoms with Crippen LogP contribution in [0.1, 0.15) is 35.8 Å². The van der Waals surface area contributed by atoms with Crippen LogP contribution in [0.25, 0.3) is 5.69 Å². The molecule has 1 aromatic carbocycles. The normalized spacial score (nSPS) is 14.8. The van der Waals surface area contributed by atoms with Crippen molar-refractivity contribution in [2.45, 2.75) is 26.7 Å². The van der Waals surface area contributed by atoms with E-state index >= 15 is 0 Å². The third kappa shape index (κ3) is 5.36. The molecule has 156 valence electrons. The molecule has 0 aliphatic carbocycles. The van der Waals surface area contributed by atoms with Gasteiger partial charge in [0.2, 0.25) is 5.91 Å². The number of carbonyl (C=O) groups is 2. The van der Waals surface area contributed by atoms with Crippen molar-refractivity contribution < 1.29 is 9.59 Å². The molecule has 2 amide bonds. The molecular formula is C21H28ClN5O2. The fourth-order valence-corrected chi connectivity index (χ4v) is 3.62. The molecule has 7 nitrogen and oxygen atoms in total. The number of halogens is 1. The lowest BCUT2D eigenvalue weighted by Gasteiger charge is -2.34. The summed E-state index contributed by atoms with van der Waals surface area (Å²) in [5.74, 6) is 0.0275. The molecule has 29 heavy (non-hydrogen) atoms. The zero-order valence-electron chi connectivity index (χ0n) is 17.0. The van der Waals surface area contributed by atoms with Crippen LogP contribution in [-0.2, 0) is 4.79 Å². The molecule has 0 atom stereocenters. The van der Waals surface area contributed by atoms with Crippen LogP contribution in [0.3, 0.4) is 0 Å². The summed E-state index contributed by atoms with van der Waals surface area (Å²) in [4.78, 5) is 28.9. The quantitative estimate of drug-likeness (QED) is 0.703. The van der Waals surface area contributed by atoms with Crippen molar-refractivity contribution in [3.05, 3.63) is 46.7 Å². The first kappa shape index (κ1) is 21.3. The van der Waals surface area contributed by atoms with Crippen molar-refractivity contribution in [3.63, 3.8) is 0 Å². The van der Waals surface area contributed by atoms with E-state index in [4.69, 9.17) is 11.6 Å². The van der Waals surface area contributed by atoms with Crippen LogP contribution in [0, 0.1) is 6.92 Å². The summed E-state index contributed by atoms with van der Waals surface area (Å²) in [5.41, 5.74) is 2.21. The summed E-state index contributed by atoms with van der Waals surface area (Å²) in [5, 5.41) is 7.94. The molecule has 1 aromatic heterocycles. The van der Waals surface area contributed by atoms with Crippen LogP contribution in [0.15, 0.2) is 30.5 Å². The predicted molar refractivity (Wildman–Crippen MR) is 114 cm³/mol. The van der Waals surface area contributed by atoms with Crippen LogP contribution in [-0.4, -0.2) is 70.7 Å². The molecule has 0 radical (unpaired) electrons. The standard InChI is InChI=1S/C21H28ClN5O2/c1-3-4-8-23-20(28)15-25-9-11-26(12-10-25)21(29)19-14-24-27(16(19)2)18-7-5-6-17(22)13-18/h5-7,13-14H,3-4,8-12,15H2,1-2H3,(H,23,28). The first-order valence-corrected chi connectivity index (χ1v) is 10.5. The van der Waals surface area contributed by atoms with E-state index in [0.717, 1.165) is 30.8 Å². The number of hydrogen-bond donors (Lipinski definition) is 1. The molecule has 0 unspecified atom stereocenters. The topological polar surface area (TPSA) is 70.5 Å². The highest BCUT2D eigenvalue weighted by molar-refractivity contribution is 6.30. The van der Waals surface area contributed by atoms with Gasteiger partial charge in [-0.2, -0.15) is 5.10 Å². The summed E-state index contributed by atoms with van der Waals surface area (Å²) >= 11 is 6.07. The second-order valence-electron chi connectivity index (χ2n) is 7.31. The van der Waals surface area contributed by atoms with Gasteiger partial charge in [0.05, 0.1) is 29.7 Å². The van der Waals surface area contributed by atoms with Crippen molar-refractivity contribution in [2.24, 2.45) is 0 Å². The first-order chi connectivity index (χ1) is 14.0. The van der Waals surface area contributed by atoms with Gasteiger partial charge in [-0.05, 0) is 31.5 Å². The molecule has 0 bridgehead atoms. The maximum atomic E-state index is 13.0. The Labute approximate surface area is 176 Å². The van der Waals surface area contributed by atoms with E-state index in [0.29, 0.717) is 43.3 Å². The summed E-state index contributed by atoms with van der Waals surface area (Å²) in [6.45, 7) is 7.68. The lowest BCUT2D eigenvalue weighted by Crippen LogP contribution is -2.51. The van der Waals surface area contributed by atoms with Gasteiger partial charge in [0.1, 0.15) is 0 Å². The Morgan fingerprint density at radius 3 is 2.66 bits per heavy atom. The Kier molecular flexibility index (Phi) is 7.28. The second kappa shape index (κ2) is 9.89. The van der Waals surface area contributed by atoms with Crippen LogP contribution in [0.5, 0.6) is 0 Å². The van der Waals surface area contributed by atoms with Gasteiger partial charge in [-0.3, -0.25) is 14.5 Å². The highest BCUT2D eigenvalue weighted by Crippen LogP contribution is 2.19. The first-order valence-electron chi connectivity index (χ1n) is 10.1. The molecule has 0 saturated carbocycles. The van der Waals surface area contributed by atoms with E-state index in [-0.39, 0.29) is 11.8 Å². The Hall–Kier alpha value is -2.38. The number of rotatable bonds is 7. The number of benzene rings is 1. The van der Waals surface area contributed by atoms with Crippen molar-refractivity contribution in [2.75, 3.05) is 39.3 Å². The summed E-state index contributed by atoms with van der Waals surface area (Å²) in [7, 11) is 0. The van der Waals surface area contributed by atoms with E-state index in [1.165, 1.54) is 0 Å². The molecule has 2 aromatic rings. The predicted octanol–water partition coefficient (Wildman–Crippen LogP) is 2.51. The maximum absolute atomic E-state index is 13.0. The smallest absolute Gasteiger partial charge is 0.257 e. The third-order valence-electron chi connectivity index (χ3n) is 5.17. The summed E-state index contributed by atoms with van der Waals surface area (Å²) < 4.78 is 1.73. The van der Waals surface area contributed by atoms with Crippen molar-refractivity contribution >= 4 is 23.4 Å². The molecule has 2 heterocycles. The fraction of sp³-hybridized carbons (Fsp3) is 0.476. The van der Waals surface area contributed by atoms with Gasteiger partial charge in [0.15, 0.2) is 0 Å². The van der Waals surface area contributed by atoms with Gasteiger partial charge in [-0.1, -0.05) is 31.0 Å². The average Bonchev–Trinajstić information content (AvgIpc) is 3.09. The molecule has 8 heteroatoms. The van der Waals surface area contributed by atoms with Gasteiger partial charge in [-0.15, -0.1) is 0 Å². The van der Waals surface area contributed by atoms with Crippen molar-refractivity contribution in [3.8, 4) is 5.69 Å². The fourth-order valence-electron chi connectivity index (χ4n) is 3.43. The summed E-state index contributed by atoms with van der Waals surface area (Å²) in [6, 6.07) is 7.39. The van der Waals surface area contributed by atoms with E-state index < -0.39 is 0 Å². The number of hydrogen-bond acceptors (Lipinski definition) is 4. The highest BCUT2D eigenvalue weighted by Gasteiger charge is 2.25. The molecule has 1 fully saturated rings. The minimum Gasteiger partial charge on any atom is -0.355 e. The lowest BCUT2D eigenvalue weighted by molar-refractivity contribution is -0.122. The van der Waals surface area contributed by atoms with E-state index in [1.807, 2.05) is 30.0 Å². The number of piperazine rings is 1. The summed E-state index contributed by atoms with van der Waals surface area (Å²) in [6.07, 6.45) is 3.68. The number of unbranched alkanes of at least 4 members (excludes halogenated alkanes) is 1. The van der Waals surface area contributed by atoms with Gasteiger partial charge in [-0.25, -0.2) is 4.68 Å². The van der Waals surface area contributed by atoms with E-state index in [1.54, 1.807) is 16.9 Å². The largest absolute Gasteiger partial charge is 0.355 e. The monoisotopic (exact) mass is 417 g/mol. The number of aromatic nitrogens is 2. The van der Waals surface area contributed by atoms with Crippen LogP contribution >= 0.6 is 11.6 Å². The molecule has 3 rings (SSSR count). The molecular weight excluding hydrogens is 390 g/mol. The Morgan fingerprint density at radius 2 is 1.97 bits per heavy atom. The van der Waals surface area contributed by atoms with Gasteiger partial charge < -0.3 is 10.2 Å². The van der Waals surface area contributed by atoms with Crippen molar-refractivity contribution in [1.29, 1.82) is 0 Å². The number of amides is 2. The van der Waals surface area contributed by atoms with E-state index in [2.05, 4.69) is 22.2 Å². The Bertz CT molecular complexity index is 859. The van der Waals surface area contributed by atoms with Gasteiger partial charge >= 0.3 is 0 Å². The van der Waals surface area contributed by atoms with Crippen LogP contribution in [0.4, 0.5) is 0 Å². The molecule has 1 saturated heterocycles. The maximum Gasteiger partial charge on any atom is 0.257 e. The molecule has 1 N–H and O–H groups in total. The van der Waals surface area contributed by atoms with Crippen LogP contribution in [0.2, 0.25) is 5.02 Å². The number of nitrogens with zero attached hydrogens (tertiary/aromatic N) is 4. The van der Waals surface area contributed by atoms with Crippen LogP contribution < -0.4 is 5.32 Å². The second-order valence-corrected chi connectivity index (χ2v) is 7.74. The van der Waals surface area contributed by atoms with Gasteiger partial charge in [0, 0.05) is 37.7 Å². The number of nitrogens with one attached hydrogen (secondary N) is 1. The molecule has 0 spiro atoms. The third-order valence-corrected chi connectivity index (χ3v) is 5.41. The molecule has 1 aliphatic heterocycles.